The second-order valence-corrected chi connectivity index (χ2v) is 4.73. The highest BCUT2D eigenvalue weighted by atomic mass is 79.9. The maximum atomic E-state index is 13.5. The molecular formula is C14H9BrFNO. The molecule has 3 rings (SSSR count). The van der Waals surface area contributed by atoms with Gasteiger partial charge in [0.15, 0.2) is 11.6 Å². The normalized spacial score (nSPS) is 10.8. The number of hydrogen-bond donors (Lipinski definition) is 1. The fraction of sp³-hybridized carbons (Fsp3) is 0. The number of aromatic amines is 1. The minimum atomic E-state index is -0.376. The molecule has 0 atom stereocenters. The molecule has 0 aliphatic carbocycles. The Bertz CT molecular complexity index is 708. The average Bonchev–Trinajstić information content (AvgIpc) is 2.79. The van der Waals surface area contributed by atoms with Gasteiger partial charge in [0.1, 0.15) is 5.75 Å². The molecule has 0 aliphatic rings. The number of aromatic nitrogens is 1. The molecule has 1 heterocycles. The molecule has 0 saturated heterocycles. The number of para-hydroxylation sites is 1. The van der Waals surface area contributed by atoms with Gasteiger partial charge < -0.3 is 9.72 Å². The zero-order chi connectivity index (χ0) is 12.5. The van der Waals surface area contributed by atoms with Crippen molar-refractivity contribution in [2.75, 3.05) is 0 Å². The van der Waals surface area contributed by atoms with E-state index in [-0.39, 0.29) is 11.6 Å². The van der Waals surface area contributed by atoms with E-state index in [2.05, 4.69) is 20.9 Å². The molecule has 0 bridgehead atoms. The van der Waals surface area contributed by atoms with Crippen LogP contribution in [0.1, 0.15) is 0 Å². The maximum absolute atomic E-state index is 13.5. The molecule has 2 aromatic carbocycles. The fourth-order valence-corrected chi connectivity index (χ4v) is 2.20. The Morgan fingerprint density at radius 1 is 1.06 bits per heavy atom. The second kappa shape index (κ2) is 4.46. The quantitative estimate of drug-likeness (QED) is 0.718. The summed E-state index contributed by atoms with van der Waals surface area (Å²) in [7, 11) is 0. The first-order valence-electron chi connectivity index (χ1n) is 5.43. The molecule has 2 nitrogen and oxygen atoms in total. The summed E-state index contributed by atoms with van der Waals surface area (Å²) in [5.74, 6) is 0.429. The molecule has 18 heavy (non-hydrogen) atoms. The van der Waals surface area contributed by atoms with E-state index in [0.717, 1.165) is 15.4 Å². The van der Waals surface area contributed by atoms with Crippen LogP contribution in [0, 0.1) is 5.82 Å². The van der Waals surface area contributed by atoms with E-state index in [0.29, 0.717) is 5.75 Å². The van der Waals surface area contributed by atoms with Crippen molar-refractivity contribution in [2.45, 2.75) is 0 Å². The predicted octanol–water partition coefficient (Wildman–Crippen LogP) is 4.86. The largest absolute Gasteiger partial charge is 0.453 e. The lowest BCUT2D eigenvalue weighted by Gasteiger charge is -2.08. The summed E-state index contributed by atoms with van der Waals surface area (Å²) in [6.45, 7) is 0. The number of halogens is 2. The van der Waals surface area contributed by atoms with Gasteiger partial charge in [0.05, 0.1) is 4.47 Å². The molecular weight excluding hydrogens is 297 g/mol. The third-order valence-electron chi connectivity index (χ3n) is 2.66. The molecule has 0 fully saturated rings. The fourth-order valence-electron chi connectivity index (χ4n) is 1.78. The molecule has 3 aromatic rings. The van der Waals surface area contributed by atoms with Crippen LogP contribution < -0.4 is 4.74 Å². The Labute approximate surface area is 112 Å². The smallest absolute Gasteiger partial charge is 0.165 e. The van der Waals surface area contributed by atoms with Crippen LogP contribution in [-0.2, 0) is 0 Å². The van der Waals surface area contributed by atoms with Crippen LogP contribution in [0.3, 0.4) is 0 Å². The third-order valence-corrected chi connectivity index (χ3v) is 3.28. The Kier molecular flexibility index (Phi) is 2.80. The Hall–Kier alpha value is -1.81. The Morgan fingerprint density at radius 2 is 1.89 bits per heavy atom. The predicted molar refractivity (Wildman–Crippen MR) is 72.5 cm³/mol. The van der Waals surface area contributed by atoms with Gasteiger partial charge in [-0.15, -0.1) is 0 Å². The van der Waals surface area contributed by atoms with Crippen molar-refractivity contribution < 1.29 is 9.13 Å². The minimum Gasteiger partial charge on any atom is -0.453 e. The number of fused-ring (bicyclic) bond motifs is 1. The van der Waals surface area contributed by atoms with Gasteiger partial charge in [0.25, 0.3) is 0 Å². The summed E-state index contributed by atoms with van der Waals surface area (Å²) < 4.78 is 19.9. The van der Waals surface area contributed by atoms with Crippen molar-refractivity contribution >= 4 is 26.8 Å². The van der Waals surface area contributed by atoms with Gasteiger partial charge in [-0.2, -0.15) is 0 Å². The first-order valence-corrected chi connectivity index (χ1v) is 6.22. The molecule has 0 aliphatic heterocycles. The zero-order valence-corrected chi connectivity index (χ0v) is 10.9. The van der Waals surface area contributed by atoms with Crippen LogP contribution in [0.15, 0.2) is 53.1 Å². The third kappa shape index (κ3) is 1.99. The highest BCUT2D eigenvalue weighted by Crippen LogP contribution is 2.34. The number of nitrogens with one attached hydrogen (secondary N) is 1. The maximum Gasteiger partial charge on any atom is 0.165 e. The van der Waals surface area contributed by atoms with Crippen molar-refractivity contribution in [2.24, 2.45) is 0 Å². The van der Waals surface area contributed by atoms with E-state index in [4.69, 9.17) is 4.74 Å². The van der Waals surface area contributed by atoms with E-state index in [1.165, 1.54) is 6.07 Å². The van der Waals surface area contributed by atoms with Crippen LogP contribution in [0.2, 0.25) is 0 Å². The van der Waals surface area contributed by atoms with Gasteiger partial charge in [0.2, 0.25) is 0 Å². The summed E-state index contributed by atoms with van der Waals surface area (Å²) in [5.41, 5.74) is 1.00. The SMILES string of the molecule is Fc1ccccc1Oc1cc2cc[nH]c2cc1Br. The highest BCUT2D eigenvalue weighted by molar-refractivity contribution is 9.10. The Balaban J connectivity index is 2.04. The number of rotatable bonds is 2. The highest BCUT2D eigenvalue weighted by Gasteiger charge is 2.08. The van der Waals surface area contributed by atoms with Crippen molar-refractivity contribution in [3.8, 4) is 11.5 Å². The summed E-state index contributed by atoms with van der Waals surface area (Å²) in [5, 5.41) is 1.02. The topological polar surface area (TPSA) is 25.0 Å². The number of ether oxygens (including phenoxy) is 1. The molecule has 0 spiro atoms. The number of hydrogen-bond acceptors (Lipinski definition) is 1. The van der Waals surface area contributed by atoms with Crippen molar-refractivity contribution in [3.05, 3.63) is 59.0 Å². The monoisotopic (exact) mass is 305 g/mol. The summed E-state index contributed by atoms with van der Waals surface area (Å²) >= 11 is 3.42. The number of H-pyrrole nitrogens is 1. The molecule has 90 valence electrons. The van der Waals surface area contributed by atoms with Crippen molar-refractivity contribution in [1.29, 1.82) is 0 Å². The average molecular weight is 306 g/mol. The first-order chi connectivity index (χ1) is 8.74. The minimum absolute atomic E-state index is 0.216. The van der Waals surface area contributed by atoms with Crippen LogP contribution >= 0.6 is 15.9 Å². The van der Waals surface area contributed by atoms with E-state index in [1.54, 1.807) is 18.2 Å². The number of benzene rings is 2. The molecule has 1 N–H and O–H groups in total. The van der Waals surface area contributed by atoms with E-state index >= 15 is 0 Å². The zero-order valence-electron chi connectivity index (χ0n) is 9.28. The summed E-state index contributed by atoms with van der Waals surface area (Å²) in [4.78, 5) is 3.10. The van der Waals surface area contributed by atoms with Gasteiger partial charge in [0, 0.05) is 17.1 Å². The Morgan fingerprint density at radius 3 is 2.72 bits per heavy atom. The van der Waals surface area contributed by atoms with Crippen LogP contribution in [0.4, 0.5) is 4.39 Å². The molecule has 4 heteroatoms. The van der Waals surface area contributed by atoms with Crippen LogP contribution in [-0.4, -0.2) is 4.98 Å². The van der Waals surface area contributed by atoms with E-state index < -0.39 is 0 Å². The molecule has 0 unspecified atom stereocenters. The summed E-state index contributed by atoms with van der Waals surface area (Å²) in [6.07, 6.45) is 1.85. The van der Waals surface area contributed by atoms with Gasteiger partial charge in [-0.05, 0) is 46.3 Å². The van der Waals surface area contributed by atoms with Crippen molar-refractivity contribution in [1.82, 2.24) is 4.98 Å². The summed E-state index contributed by atoms with van der Waals surface area (Å²) in [6, 6.07) is 12.1. The molecule has 0 amide bonds. The van der Waals surface area contributed by atoms with Gasteiger partial charge in [-0.3, -0.25) is 0 Å². The lowest BCUT2D eigenvalue weighted by molar-refractivity contribution is 0.440. The van der Waals surface area contributed by atoms with Crippen LogP contribution in [0.25, 0.3) is 10.9 Å². The standard InChI is InChI=1S/C14H9BrFNO/c15-10-8-12-9(5-6-17-12)7-14(10)18-13-4-2-1-3-11(13)16/h1-8,17H. The molecule has 1 aromatic heterocycles. The van der Waals surface area contributed by atoms with Gasteiger partial charge in [-0.25, -0.2) is 4.39 Å². The lowest BCUT2D eigenvalue weighted by atomic mass is 10.2. The van der Waals surface area contributed by atoms with E-state index in [9.17, 15) is 4.39 Å². The lowest BCUT2D eigenvalue weighted by Crippen LogP contribution is -1.88. The molecule has 0 radical (unpaired) electrons. The van der Waals surface area contributed by atoms with Crippen molar-refractivity contribution in [3.63, 3.8) is 0 Å². The second-order valence-electron chi connectivity index (χ2n) is 3.88. The van der Waals surface area contributed by atoms with Gasteiger partial charge >= 0.3 is 0 Å². The molecule has 0 saturated carbocycles. The first kappa shape index (κ1) is 11.3. The van der Waals surface area contributed by atoms with E-state index in [1.807, 2.05) is 24.4 Å². The van der Waals surface area contributed by atoms with Crippen LogP contribution in [0.5, 0.6) is 11.5 Å². The van der Waals surface area contributed by atoms with Gasteiger partial charge in [-0.1, -0.05) is 12.1 Å².